The van der Waals surface area contributed by atoms with Crippen LogP contribution in [-0.4, -0.2) is 162 Å². The minimum Gasteiger partial charge on any atom is -0.482 e. The van der Waals surface area contributed by atoms with Gasteiger partial charge in [0, 0.05) is 64.7 Å². The largest absolute Gasteiger partial charge is 0.482 e. The Labute approximate surface area is 365 Å². The maximum atomic E-state index is 12.3. The zero-order chi connectivity index (χ0) is 43.3. The van der Waals surface area contributed by atoms with E-state index in [1.54, 1.807) is 28.4 Å². The van der Waals surface area contributed by atoms with E-state index in [2.05, 4.69) is 35.1 Å². The van der Waals surface area contributed by atoms with Gasteiger partial charge in [0.25, 0.3) is 0 Å². The molecule has 2 aromatic rings. The van der Waals surface area contributed by atoms with Gasteiger partial charge in [0.2, 0.25) is 0 Å². The van der Waals surface area contributed by atoms with Gasteiger partial charge in [0.05, 0.1) is 60.7 Å². The molecule has 4 bridgehead atoms. The summed E-state index contributed by atoms with van der Waals surface area (Å²) in [6, 6.07) is 8.31. The number of nitrogens with zero attached hydrogens (tertiary/aromatic N) is 2. The molecule has 0 radical (unpaired) electrons. The van der Waals surface area contributed by atoms with E-state index >= 15 is 0 Å². The molecule has 0 amide bonds. The van der Waals surface area contributed by atoms with E-state index in [-0.39, 0.29) is 50.1 Å². The van der Waals surface area contributed by atoms with Crippen molar-refractivity contribution in [2.24, 2.45) is 0 Å². The summed E-state index contributed by atoms with van der Waals surface area (Å²) in [6.07, 6.45) is 9.51. The van der Waals surface area contributed by atoms with Gasteiger partial charge < -0.3 is 57.6 Å². The van der Waals surface area contributed by atoms with Gasteiger partial charge in [-0.1, -0.05) is 24.3 Å². The van der Waals surface area contributed by atoms with E-state index in [1.165, 1.54) is 11.1 Å². The van der Waals surface area contributed by atoms with E-state index in [0.717, 1.165) is 87.3 Å². The Morgan fingerprint density at radius 3 is 1.47 bits per heavy atom. The van der Waals surface area contributed by atoms with Crippen LogP contribution in [0, 0.1) is 0 Å². The number of likely N-dealkylation sites (tertiary alicyclic amines) is 2. The number of aliphatic hydroxyl groups is 2. The molecule has 14 heteroatoms. The van der Waals surface area contributed by atoms with Crippen LogP contribution >= 0.6 is 0 Å². The second kappa shape index (κ2) is 17.6. The van der Waals surface area contributed by atoms with Crippen molar-refractivity contribution in [2.75, 3.05) is 94.6 Å². The first-order valence-corrected chi connectivity index (χ1v) is 22.5. The predicted molar refractivity (Wildman–Crippen MR) is 229 cm³/mol. The third kappa shape index (κ3) is 6.49. The van der Waals surface area contributed by atoms with Crippen LogP contribution in [0.4, 0.5) is 0 Å². The summed E-state index contributed by atoms with van der Waals surface area (Å²) in [6.45, 7) is 13.5. The van der Waals surface area contributed by atoms with Crippen LogP contribution in [0.5, 0.6) is 23.0 Å². The molecule has 4 aliphatic heterocycles. The second-order valence-corrected chi connectivity index (χ2v) is 18.2. The average Bonchev–Trinajstić information content (AvgIpc) is 3.81. The highest BCUT2D eigenvalue weighted by molar-refractivity contribution is 5.64. The van der Waals surface area contributed by atoms with Gasteiger partial charge in [-0.05, 0) is 87.7 Å². The molecule has 2 aromatic carbocycles. The van der Waals surface area contributed by atoms with E-state index in [9.17, 15) is 10.2 Å². The first-order valence-electron chi connectivity index (χ1n) is 22.5. The van der Waals surface area contributed by atoms with Gasteiger partial charge in [-0.2, -0.15) is 0 Å². The summed E-state index contributed by atoms with van der Waals surface area (Å²) in [5, 5.41) is 24.6. The van der Waals surface area contributed by atoms with Gasteiger partial charge >= 0.3 is 0 Å². The van der Waals surface area contributed by atoms with Crippen molar-refractivity contribution in [3.8, 4) is 23.0 Å². The van der Waals surface area contributed by atoms with Crippen molar-refractivity contribution in [2.45, 2.75) is 110 Å². The fourth-order valence-corrected chi connectivity index (χ4v) is 13.2. The Hall–Kier alpha value is -3.28. The van der Waals surface area contributed by atoms with Gasteiger partial charge in [-0.3, -0.25) is 9.80 Å². The predicted octanol–water partition coefficient (Wildman–Crippen LogP) is 4.08. The number of piperidine rings is 2. The summed E-state index contributed by atoms with van der Waals surface area (Å²) in [5.74, 6) is 2.86. The zero-order valence-electron chi connectivity index (χ0n) is 36.9. The molecule has 2 saturated carbocycles. The lowest BCUT2D eigenvalue weighted by molar-refractivity contribution is -0.210. The average molecular weight is 863 g/mol. The lowest BCUT2D eigenvalue weighted by Gasteiger charge is -2.63. The first-order chi connectivity index (χ1) is 30.2. The Morgan fingerprint density at radius 1 is 0.645 bits per heavy atom. The van der Waals surface area contributed by atoms with Crippen LogP contribution in [0.25, 0.3) is 0 Å². The molecule has 4 heterocycles. The fraction of sp³-hybridized carbons (Fsp3) is 0.667. The number of hydrogen-bond acceptors (Lipinski definition) is 14. The molecular formula is C48H66N2O12. The molecule has 340 valence electrons. The SMILES string of the molecule is C=CCN1CC[C@]23c4c5ccc(OCOCCOC)c4OC2C(OC)CC[C@@]3(O)C1C5.C=CCN1CC[C@]23c4c5ccc(OCOCCOC)c4OC2C(OC)CC[C@@]3(O)C1C5. The minimum absolute atomic E-state index is 0.0470. The molecule has 4 fully saturated rings. The van der Waals surface area contributed by atoms with Gasteiger partial charge in [0.15, 0.2) is 36.6 Å². The van der Waals surface area contributed by atoms with Crippen LogP contribution in [0.1, 0.15) is 60.8 Å². The van der Waals surface area contributed by atoms with Crippen LogP contribution in [-0.2, 0) is 52.1 Å². The summed E-state index contributed by atoms with van der Waals surface area (Å²) < 4.78 is 58.0. The number of ether oxygens (including phenoxy) is 10. The lowest BCUT2D eigenvalue weighted by Crippen LogP contribution is -2.77. The molecule has 62 heavy (non-hydrogen) atoms. The third-order valence-corrected chi connectivity index (χ3v) is 15.8. The van der Waals surface area contributed by atoms with Crippen molar-refractivity contribution in [1.29, 1.82) is 0 Å². The smallest absolute Gasteiger partial charge is 0.189 e. The normalized spacial score (nSPS) is 35.4. The van der Waals surface area contributed by atoms with Crippen molar-refractivity contribution >= 4 is 0 Å². The maximum Gasteiger partial charge on any atom is 0.189 e. The molecule has 4 aliphatic carbocycles. The van der Waals surface area contributed by atoms with Crippen LogP contribution in [0.3, 0.4) is 0 Å². The highest BCUT2D eigenvalue weighted by atomic mass is 16.7. The lowest BCUT2D eigenvalue weighted by atomic mass is 9.48. The van der Waals surface area contributed by atoms with E-state index in [4.69, 9.17) is 47.4 Å². The first kappa shape index (κ1) is 43.9. The molecular weight excluding hydrogens is 797 g/mol. The molecule has 2 N–H and O–H groups in total. The third-order valence-electron chi connectivity index (χ3n) is 15.8. The molecule has 6 unspecified atom stereocenters. The van der Waals surface area contributed by atoms with Gasteiger partial charge in [-0.15, -0.1) is 13.2 Å². The summed E-state index contributed by atoms with van der Waals surface area (Å²) in [5.41, 5.74) is 2.06. The molecule has 0 aromatic heterocycles. The van der Waals surface area contributed by atoms with Crippen LogP contribution in [0.2, 0.25) is 0 Å². The Kier molecular flexibility index (Phi) is 12.5. The Morgan fingerprint density at radius 2 is 1.08 bits per heavy atom. The Bertz CT molecular complexity index is 1830. The number of methoxy groups -OCH3 is 4. The molecule has 14 nitrogen and oxygen atoms in total. The summed E-state index contributed by atoms with van der Waals surface area (Å²) in [7, 11) is 6.77. The van der Waals surface area contributed by atoms with Gasteiger partial charge in [-0.25, -0.2) is 0 Å². The topological polar surface area (TPSA) is 139 Å². The highest BCUT2D eigenvalue weighted by Crippen LogP contribution is 2.67. The van der Waals surface area contributed by atoms with Crippen molar-refractivity contribution in [3.63, 3.8) is 0 Å². The number of hydrogen-bond donors (Lipinski definition) is 2. The van der Waals surface area contributed by atoms with E-state index in [0.29, 0.717) is 50.8 Å². The number of rotatable bonds is 18. The molecule has 2 saturated heterocycles. The van der Waals surface area contributed by atoms with Crippen LogP contribution in [0.15, 0.2) is 49.6 Å². The highest BCUT2D eigenvalue weighted by Gasteiger charge is 2.74. The van der Waals surface area contributed by atoms with Gasteiger partial charge in [0.1, 0.15) is 12.2 Å². The molecule has 10 rings (SSSR count). The van der Waals surface area contributed by atoms with Crippen molar-refractivity contribution < 1.29 is 57.6 Å². The minimum atomic E-state index is -0.861. The van der Waals surface area contributed by atoms with Crippen molar-refractivity contribution in [3.05, 3.63) is 71.8 Å². The molecule has 8 aliphatic rings. The Balaban J connectivity index is 0.000000158. The fourth-order valence-electron chi connectivity index (χ4n) is 13.2. The zero-order valence-corrected chi connectivity index (χ0v) is 36.9. The summed E-state index contributed by atoms with van der Waals surface area (Å²) in [4.78, 5) is 4.77. The van der Waals surface area contributed by atoms with Crippen molar-refractivity contribution in [1.82, 2.24) is 9.80 Å². The molecule has 10 atom stereocenters. The molecule has 2 spiro atoms. The van der Waals surface area contributed by atoms with E-state index < -0.39 is 22.0 Å². The summed E-state index contributed by atoms with van der Waals surface area (Å²) >= 11 is 0. The van der Waals surface area contributed by atoms with Crippen LogP contribution < -0.4 is 18.9 Å². The number of benzene rings is 2. The second-order valence-electron chi connectivity index (χ2n) is 18.2. The monoisotopic (exact) mass is 862 g/mol. The maximum absolute atomic E-state index is 12.3. The van der Waals surface area contributed by atoms with E-state index in [1.807, 2.05) is 24.3 Å². The standard InChI is InChI=1S/2C24H33NO6/c2*1-4-10-25-11-9-23-20-16-5-6-17(30-15-29-13-12-27-2)21(20)31-22(23)18(28-3)7-8-24(23,26)19(25)14-16/h2*4-6,18-19,22,26H,1,7-15H2,2-3H3/t2*18?,19?,22?,23-,24+/m00/s1. The quantitative estimate of drug-likeness (QED) is 0.127.